The minimum Gasteiger partial charge on any atom is -0.379 e. The maximum Gasteiger partial charge on any atom is 0.258 e. The molecule has 1 aliphatic heterocycles. The van der Waals surface area contributed by atoms with E-state index in [0.717, 1.165) is 50.7 Å². The van der Waals surface area contributed by atoms with Crippen LogP contribution in [0.1, 0.15) is 18.3 Å². The van der Waals surface area contributed by atoms with Gasteiger partial charge in [0, 0.05) is 37.7 Å². The van der Waals surface area contributed by atoms with Crippen LogP contribution in [-0.2, 0) is 17.7 Å². The van der Waals surface area contributed by atoms with Crippen LogP contribution in [0.2, 0.25) is 0 Å². The molecule has 0 spiro atoms. The summed E-state index contributed by atoms with van der Waals surface area (Å²) in [5.74, 6) is 1.34. The Morgan fingerprint density at radius 1 is 1.25 bits per heavy atom. The first-order chi connectivity index (χ1) is 11.3. The summed E-state index contributed by atoms with van der Waals surface area (Å²) in [5.41, 5.74) is 2.24. The second-order valence-electron chi connectivity index (χ2n) is 5.96. The highest BCUT2D eigenvalue weighted by Crippen LogP contribution is 2.23. The maximum absolute atomic E-state index is 5.49. The van der Waals surface area contributed by atoms with Crippen LogP contribution in [0.5, 0.6) is 0 Å². The largest absolute Gasteiger partial charge is 0.379 e. The van der Waals surface area contributed by atoms with Crippen molar-refractivity contribution in [3.63, 3.8) is 0 Å². The molecular weight excluding hydrogens is 328 g/mol. The topological polar surface area (TPSA) is 63.4 Å². The van der Waals surface area contributed by atoms with Gasteiger partial charge in [-0.05, 0) is 25.6 Å². The number of halogens is 1. The van der Waals surface area contributed by atoms with Crippen molar-refractivity contribution in [2.24, 2.45) is 0 Å². The highest BCUT2D eigenvalue weighted by atomic mass is 35.5. The number of ether oxygens (including phenoxy) is 1. The molecule has 1 N–H and O–H groups in total. The van der Waals surface area contributed by atoms with E-state index in [1.165, 1.54) is 5.56 Å². The Bertz CT molecular complexity index is 629. The van der Waals surface area contributed by atoms with Crippen LogP contribution in [0.3, 0.4) is 0 Å². The van der Waals surface area contributed by atoms with Gasteiger partial charge in [0.15, 0.2) is 5.82 Å². The predicted octanol–water partition coefficient (Wildman–Crippen LogP) is 2.14. The van der Waals surface area contributed by atoms with Crippen molar-refractivity contribution >= 4 is 12.4 Å². The summed E-state index contributed by atoms with van der Waals surface area (Å²) < 4.78 is 10.9. The van der Waals surface area contributed by atoms with Gasteiger partial charge in [-0.2, -0.15) is 4.98 Å². The van der Waals surface area contributed by atoms with E-state index < -0.39 is 0 Å². The maximum atomic E-state index is 5.49. The highest BCUT2D eigenvalue weighted by Gasteiger charge is 2.17. The van der Waals surface area contributed by atoms with Crippen LogP contribution in [0.25, 0.3) is 11.5 Å². The summed E-state index contributed by atoms with van der Waals surface area (Å²) in [6, 6.07) is 8.57. The third kappa shape index (κ3) is 4.77. The van der Waals surface area contributed by atoms with Gasteiger partial charge in [0.05, 0.1) is 13.2 Å². The average Bonchev–Trinajstić information content (AvgIpc) is 3.04. The molecule has 0 amide bonds. The van der Waals surface area contributed by atoms with Crippen molar-refractivity contribution < 1.29 is 9.26 Å². The number of rotatable bonds is 6. The molecule has 0 aliphatic carbocycles. The number of nitrogens with zero attached hydrogens (tertiary/aromatic N) is 3. The van der Waals surface area contributed by atoms with E-state index in [-0.39, 0.29) is 12.4 Å². The Kier molecular flexibility index (Phi) is 7.17. The van der Waals surface area contributed by atoms with E-state index in [0.29, 0.717) is 11.9 Å². The first kappa shape index (κ1) is 18.9. The van der Waals surface area contributed by atoms with Crippen molar-refractivity contribution in [2.75, 3.05) is 33.4 Å². The molecule has 1 atom stereocenters. The second-order valence-corrected chi connectivity index (χ2v) is 5.96. The Balaban J connectivity index is 0.00000208. The third-order valence-electron chi connectivity index (χ3n) is 4.20. The fourth-order valence-corrected chi connectivity index (χ4v) is 2.69. The molecule has 132 valence electrons. The zero-order valence-corrected chi connectivity index (χ0v) is 15.0. The second kappa shape index (κ2) is 9.13. The molecule has 0 saturated carbocycles. The van der Waals surface area contributed by atoms with Crippen LogP contribution in [0.4, 0.5) is 0 Å². The molecule has 1 saturated heterocycles. The number of morpholine rings is 1. The van der Waals surface area contributed by atoms with Gasteiger partial charge in [-0.3, -0.25) is 4.90 Å². The van der Waals surface area contributed by atoms with Crippen LogP contribution in [-0.4, -0.2) is 54.4 Å². The van der Waals surface area contributed by atoms with E-state index in [2.05, 4.69) is 45.5 Å². The summed E-state index contributed by atoms with van der Waals surface area (Å²) in [6.45, 7) is 6.50. The van der Waals surface area contributed by atoms with E-state index >= 15 is 0 Å². The first-order valence-corrected chi connectivity index (χ1v) is 8.14. The summed E-state index contributed by atoms with van der Waals surface area (Å²) >= 11 is 0. The molecular formula is C17H25ClN4O2. The summed E-state index contributed by atoms with van der Waals surface area (Å²) in [5, 5.41) is 7.30. The Morgan fingerprint density at radius 3 is 2.75 bits per heavy atom. The van der Waals surface area contributed by atoms with Gasteiger partial charge in [0.2, 0.25) is 0 Å². The van der Waals surface area contributed by atoms with Crippen LogP contribution >= 0.6 is 12.4 Å². The molecule has 1 aromatic carbocycles. The van der Waals surface area contributed by atoms with Crippen LogP contribution in [0, 0.1) is 0 Å². The van der Waals surface area contributed by atoms with E-state index in [4.69, 9.17) is 9.26 Å². The van der Waals surface area contributed by atoms with E-state index in [9.17, 15) is 0 Å². The zero-order valence-electron chi connectivity index (χ0n) is 14.2. The molecule has 2 aromatic rings. The number of hydrogen-bond donors (Lipinski definition) is 1. The summed E-state index contributed by atoms with van der Waals surface area (Å²) in [7, 11) is 1.93. The Morgan fingerprint density at radius 2 is 2.00 bits per heavy atom. The minimum atomic E-state index is 0. The number of benzene rings is 1. The van der Waals surface area contributed by atoms with Crippen molar-refractivity contribution in [1.82, 2.24) is 20.4 Å². The lowest BCUT2D eigenvalue weighted by Crippen LogP contribution is -2.35. The zero-order chi connectivity index (χ0) is 16.1. The fraction of sp³-hybridized carbons (Fsp3) is 0.529. The van der Waals surface area contributed by atoms with Crippen molar-refractivity contribution in [1.29, 1.82) is 0 Å². The van der Waals surface area contributed by atoms with Gasteiger partial charge >= 0.3 is 0 Å². The molecule has 7 heteroatoms. The van der Waals surface area contributed by atoms with Crippen LogP contribution in [0.15, 0.2) is 28.8 Å². The van der Waals surface area contributed by atoms with Crippen molar-refractivity contribution in [2.45, 2.75) is 25.9 Å². The fourth-order valence-electron chi connectivity index (χ4n) is 2.69. The molecule has 1 aliphatic rings. The normalized spacial score (nSPS) is 16.6. The van der Waals surface area contributed by atoms with Gasteiger partial charge in [-0.25, -0.2) is 0 Å². The SMILES string of the molecule is CNC(C)Cc1noc(-c2ccccc2CN2CCOCC2)n1.Cl. The standard InChI is InChI=1S/C17H24N4O2.ClH/c1-13(18-2)11-16-19-17(23-20-16)15-6-4-3-5-14(15)12-21-7-9-22-10-8-21;/h3-6,13,18H,7-12H2,1-2H3;1H. The monoisotopic (exact) mass is 352 g/mol. The van der Waals surface area contributed by atoms with Gasteiger partial charge in [0.1, 0.15) is 0 Å². The molecule has 24 heavy (non-hydrogen) atoms. The highest BCUT2D eigenvalue weighted by molar-refractivity contribution is 5.85. The minimum absolute atomic E-state index is 0. The molecule has 0 radical (unpaired) electrons. The molecule has 0 bridgehead atoms. The lowest BCUT2D eigenvalue weighted by molar-refractivity contribution is 0.0342. The van der Waals surface area contributed by atoms with E-state index in [1.54, 1.807) is 0 Å². The summed E-state index contributed by atoms with van der Waals surface area (Å²) in [4.78, 5) is 6.95. The third-order valence-corrected chi connectivity index (χ3v) is 4.20. The van der Waals surface area contributed by atoms with Gasteiger partial charge in [-0.15, -0.1) is 12.4 Å². The molecule has 1 unspecified atom stereocenters. The number of nitrogens with one attached hydrogen (secondary N) is 1. The van der Waals surface area contributed by atoms with Crippen molar-refractivity contribution in [3.05, 3.63) is 35.7 Å². The Hall–Kier alpha value is -1.47. The van der Waals surface area contributed by atoms with Gasteiger partial charge < -0.3 is 14.6 Å². The van der Waals surface area contributed by atoms with Crippen LogP contribution < -0.4 is 5.32 Å². The van der Waals surface area contributed by atoms with Crippen molar-refractivity contribution in [3.8, 4) is 11.5 Å². The number of aromatic nitrogens is 2. The molecule has 1 fully saturated rings. The number of likely N-dealkylation sites (N-methyl/N-ethyl adjacent to an activating group) is 1. The van der Waals surface area contributed by atoms with E-state index in [1.807, 2.05) is 13.1 Å². The average molecular weight is 353 g/mol. The quantitative estimate of drug-likeness (QED) is 0.859. The molecule has 6 nitrogen and oxygen atoms in total. The summed E-state index contributed by atoms with van der Waals surface area (Å²) in [6.07, 6.45) is 0.756. The molecule has 2 heterocycles. The number of hydrogen-bond acceptors (Lipinski definition) is 6. The lowest BCUT2D eigenvalue weighted by Gasteiger charge is -2.27. The Labute approximate surface area is 149 Å². The van der Waals surface area contributed by atoms with Gasteiger partial charge in [0.25, 0.3) is 5.89 Å². The lowest BCUT2D eigenvalue weighted by atomic mass is 10.1. The molecule has 1 aromatic heterocycles. The smallest absolute Gasteiger partial charge is 0.258 e. The predicted molar refractivity (Wildman–Crippen MR) is 95.3 cm³/mol. The van der Waals surface area contributed by atoms with Gasteiger partial charge in [-0.1, -0.05) is 23.4 Å². The first-order valence-electron chi connectivity index (χ1n) is 8.14. The molecule has 3 rings (SSSR count).